The lowest BCUT2D eigenvalue weighted by Gasteiger charge is -2.31. The van der Waals surface area contributed by atoms with Crippen LogP contribution in [0.1, 0.15) is 40.5 Å². The average molecular weight is 257 g/mol. The minimum absolute atomic E-state index is 0.139. The molecule has 0 radical (unpaired) electrons. The molecule has 0 atom stereocenters. The summed E-state index contributed by atoms with van der Waals surface area (Å²) in [5.41, 5.74) is -0.183. The van der Waals surface area contributed by atoms with Gasteiger partial charge < -0.3 is 9.64 Å². The first-order valence-corrected chi connectivity index (χ1v) is 6.07. The van der Waals surface area contributed by atoms with E-state index in [1.807, 2.05) is 0 Å². The third kappa shape index (κ3) is 4.13. The molecule has 0 bridgehead atoms. The number of carbonyl (C=O) groups is 2. The van der Waals surface area contributed by atoms with E-state index < -0.39 is 23.3 Å². The van der Waals surface area contributed by atoms with Gasteiger partial charge in [0.1, 0.15) is 5.60 Å². The second-order valence-electron chi connectivity index (χ2n) is 5.48. The molecule has 1 rings (SSSR count). The molecular formula is C13H20FNO3. The number of carbonyl (C=O) groups excluding carboxylic acids is 2. The second-order valence-corrected chi connectivity index (χ2v) is 5.48. The number of amides is 1. The number of ether oxygens (including phenoxy) is 1. The highest BCUT2D eigenvalue weighted by molar-refractivity contribution is 5.91. The van der Waals surface area contributed by atoms with Gasteiger partial charge in [-0.2, -0.15) is 0 Å². The Labute approximate surface area is 107 Å². The summed E-state index contributed by atoms with van der Waals surface area (Å²) in [7, 11) is 0. The summed E-state index contributed by atoms with van der Waals surface area (Å²) in [6.07, 6.45) is 0.705. The van der Waals surface area contributed by atoms with Gasteiger partial charge in [0.05, 0.1) is 0 Å². The van der Waals surface area contributed by atoms with Gasteiger partial charge in [-0.3, -0.25) is 4.79 Å². The first-order valence-electron chi connectivity index (χ1n) is 6.07. The van der Waals surface area contributed by atoms with Crippen LogP contribution >= 0.6 is 0 Å². The Morgan fingerprint density at radius 1 is 1.33 bits per heavy atom. The van der Waals surface area contributed by atoms with Crippen LogP contribution < -0.4 is 0 Å². The van der Waals surface area contributed by atoms with Gasteiger partial charge in [-0.1, -0.05) is 0 Å². The van der Waals surface area contributed by atoms with Crippen molar-refractivity contribution in [3.05, 3.63) is 11.4 Å². The SMILES string of the molecule is CC(=O)/C(F)=C1/CCCN(C(=O)OC(C)(C)C)C1. The zero-order valence-corrected chi connectivity index (χ0v) is 11.4. The largest absolute Gasteiger partial charge is 0.444 e. The summed E-state index contributed by atoms with van der Waals surface area (Å²) in [6.45, 7) is 7.20. The van der Waals surface area contributed by atoms with E-state index >= 15 is 0 Å². The van der Waals surface area contributed by atoms with Crippen molar-refractivity contribution >= 4 is 11.9 Å². The number of halogens is 1. The maximum Gasteiger partial charge on any atom is 0.410 e. The molecule has 0 saturated carbocycles. The molecule has 102 valence electrons. The number of hydrogen-bond donors (Lipinski definition) is 0. The molecule has 1 aliphatic heterocycles. The molecule has 1 fully saturated rings. The highest BCUT2D eigenvalue weighted by atomic mass is 19.1. The summed E-state index contributed by atoms with van der Waals surface area (Å²) >= 11 is 0. The third-order valence-corrected chi connectivity index (χ3v) is 2.56. The van der Waals surface area contributed by atoms with E-state index in [0.717, 1.165) is 0 Å². The molecule has 1 amide bonds. The van der Waals surface area contributed by atoms with Crippen molar-refractivity contribution < 1.29 is 18.7 Å². The van der Waals surface area contributed by atoms with Gasteiger partial charge in [0.2, 0.25) is 0 Å². The van der Waals surface area contributed by atoms with Crippen molar-refractivity contribution in [2.75, 3.05) is 13.1 Å². The molecule has 1 saturated heterocycles. The van der Waals surface area contributed by atoms with E-state index in [9.17, 15) is 14.0 Å². The van der Waals surface area contributed by atoms with Crippen LogP contribution in [-0.2, 0) is 9.53 Å². The fourth-order valence-corrected chi connectivity index (χ4v) is 1.78. The fraction of sp³-hybridized carbons (Fsp3) is 0.692. The molecule has 18 heavy (non-hydrogen) atoms. The highest BCUT2D eigenvalue weighted by Crippen LogP contribution is 2.22. The molecule has 1 heterocycles. The molecule has 4 nitrogen and oxygen atoms in total. The maximum atomic E-state index is 13.5. The molecule has 0 N–H and O–H groups in total. The van der Waals surface area contributed by atoms with Crippen molar-refractivity contribution in [2.45, 2.75) is 46.1 Å². The first kappa shape index (κ1) is 14.7. The minimum atomic E-state index is -0.719. The van der Waals surface area contributed by atoms with E-state index in [2.05, 4.69) is 0 Å². The molecule has 1 aliphatic rings. The normalized spacial score (nSPS) is 19.5. The van der Waals surface area contributed by atoms with Gasteiger partial charge in [0.15, 0.2) is 11.6 Å². The molecule has 0 aromatic carbocycles. The van der Waals surface area contributed by atoms with Crippen LogP contribution in [0.25, 0.3) is 0 Å². The van der Waals surface area contributed by atoms with Crippen LogP contribution in [-0.4, -0.2) is 35.5 Å². The van der Waals surface area contributed by atoms with E-state index in [1.165, 1.54) is 11.8 Å². The van der Waals surface area contributed by atoms with E-state index in [-0.39, 0.29) is 6.54 Å². The van der Waals surface area contributed by atoms with Gasteiger partial charge in [0, 0.05) is 20.0 Å². The van der Waals surface area contributed by atoms with E-state index in [0.29, 0.717) is 25.0 Å². The van der Waals surface area contributed by atoms with Crippen LogP contribution in [0.2, 0.25) is 0 Å². The second kappa shape index (κ2) is 5.50. The molecular weight excluding hydrogens is 237 g/mol. The first-order chi connectivity index (χ1) is 8.20. The minimum Gasteiger partial charge on any atom is -0.444 e. The Morgan fingerprint density at radius 2 is 1.94 bits per heavy atom. The summed E-state index contributed by atoms with van der Waals surface area (Å²) in [4.78, 5) is 24.2. The van der Waals surface area contributed by atoms with Crippen LogP contribution in [0.15, 0.2) is 11.4 Å². The number of ketones is 1. The lowest BCUT2D eigenvalue weighted by atomic mass is 10.0. The van der Waals surface area contributed by atoms with Crippen molar-refractivity contribution in [3.63, 3.8) is 0 Å². The Hall–Kier alpha value is -1.39. The van der Waals surface area contributed by atoms with Gasteiger partial charge in [-0.15, -0.1) is 0 Å². The Bertz CT molecular complexity index is 382. The van der Waals surface area contributed by atoms with Gasteiger partial charge in [-0.05, 0) is 39.2 Å². The Kier molecular flexibility index (Phi) is 4.48. The molecule has 0 aromatic rings. The van der Waals surface area contributed by atoms with Crippen LogP contribution in [0.5, 0.6) is 0 Å². The number of piperidine rings is 1. The summed E-state index contributed by atoms with van der Waals surface area (Å²) in [5, 5.41) is 0. The van der Waals surface area contributed by atoms with Gasteiger partial charge in [0.25, 0.3) is 0 Å². The quantitative estimate of drug-likeness (QED) is 0.679. The Morgan fingerprint density at radius 3 is 2.44 bits per heavy atom. The number of rotatable bonds is 1. The van der Waals surface area contributed by atoms with Crippen molar-refractivity contribution in [2.24, 2.45) is 0 Å². The summed E-state index contributed by atoms with van der Waals surface area (Å²) < 4.78 is 18.8. The Balaban J connectivity index is 2.73. The predicted octanol–water partition coefficient (Wildman–Crippen LogP) is 2.83. The van der Waals surface area contributed by atoms with Crippen LogP contribution in [0.3, 0.4) is 0 Å². The number of hydrogen-bond acceptors (Lipinski definition) is 3. The predicted molar refractivity (Wildman–Crippen MR) is 65.9 cm³/mol. The van der Waals surface area contributed by atoms with Crippen LogP contribution in [0.4, 0.5) is 9.18 Å². The summed E-state index contributed by atoms with van der Waals surface area (Å²) in [6, 6.07) is 0. The molecule has 0 aliphatic carbocycles. The van der Waals surface area contributed by atoms with Crippen molar-refractivity contribution in [3.8, 4) is 0 Å². The van der Waals surface area contributed by atoms with Crippen molar-refractivity contribution in [1.82, 2.24) is 4.90 Å². The average Bonchev–Trinajstić information content (AvgIpc) is 2.25. The van der Waals surface area contributed by atoms with Gasteiger partial charge in [-0.25, -0.2) is 9.18 Å². The summed E-state index contributed by atoms with van der Waals surface area (Å²) in [5.74, 6) is -1.31. The molecule has 0 unspecified atom stereocenters. The smallest absolute Gasteiger partial charge is 0.410 e. The van der Waals surface area contributed by atoms with Crippen molar-refractivity contribution in [1.29, 1.82) is 0 Å². The van der Waals surface area contributed by atoms with E-state index in [1.54, 1.807) is 20.8 Å². The number of allylic oxidation sites excluding steroid dienone is 1. The lowest BCUT2D eigenvalue weighted by Crippen LogP contribution is -2.40. The number of likely N-dealkylation sites (tertiary alicyclic amines) is 1. The topological polar surface area (TPSA) is 46.6 Å². The number of Topliss-reactive ketones (excluding diaryl/α,β-unsaturated/α-hetero) is 1. The van der Waals surface area contributed by atoms with Gasteiger partial charge >= 0.3 is 6.09 Å². The molecule has 0 aromatic heterocycles. The standard InChI is InChI=1S/C13H20FNO3/c1-9(16)11(14)10-6-5-7-15(8-10)12(17)18-13(2,3)4/h5-8H2,1-4H3/b11-10+. The zero-order valence-electron chi connectivity index (χ0n) is 11.4. The maximum absolute atomic E-state index is 13.5. The molecule has 5 heteroatoms. The molecule has 0 spiro atoms. The number of nitrogens with zero attached hydrogens (tertiary/aromatic N) is 1. The fourth-order valence-electron chi connectivity index (χ4n) is 1.78. The zero-order chi connectivity index (χ0) is 13.9. The lowest BCUT2D eigenvalue weighted by molar-refractivity contribution is -0.115. The monoisotopic (exact) mass is 257 g/mol. The highest BCUT2D eigenvalue weighted by Gasteiger charge is 2.27. The third-order valence-electron chi connectivity index (χ3n) is 2.56. The van der Waals surface area contributed by atoms with Crippen LogP contribution in [0, 0.1) is 0 Å². The van der Waals surface area contributed by atoms with E-state index in [4.69, 9.17) is 4.74 Å².